The quantitative estimate of drug-likeness (QED) is 0.332. The van der Waals surface area contributed by atoms with Crippen LogP contribution in [0.3, 0.4) is 0 Å². The van der Waals surface area contributed by atoms with E-state index in [1.807, 2.05) is 0 Å². The van der Waals surface area contributed by atoms with Crippen molar-refractivity contribution >= 4 is 32.9 Å². The van der Waals surface area contributed by atoms with Gasteiger partial charge in [0, 0.05) is 23.6 Å². The van der Waals surface area contributed by atoms with E-state index in [1.54, 1.807) is 18.2 Å². The van der Waals surface area contributed by atoms with Gasteiger partial charge in [-0.2, -0.15) is 0 Å². The fraction of sp³-hybridized carbons (Fsp3) is 0.0800. The van der Waals surface area contributed by atoms with Crippen molar-refractivity contribution in [1.82, 2.24) is 4.98 Å². The molecule has 0 saturated carbocycles. The number of hydrogen-bond donors (Lipinski definition) is 3. The van der Waals surface area contributed by atoms with Crippen molar-refractivity contribution in [3.8, 4) is 5.75 Å². The second kappa shape index (κ2) is 9.53. The van der Waals surface area contributed by atoms with E-state index in [9.17, 15) is 23.1 Å². The number of sulfonamides is 1. The minimum absolute atomic E-state index is 0.0365. The maximum atomic E-state index is 12.6. The molecule has 0 aliphatic carbocycles. The molecule has 9 nitrogen and oxygen atoms in total. The molecule has 10 heteroatoms. The zero-order valence-corrected chi connectivity index (χ0v) is 19.0. The van der Waals surface area contributed by atoms with Crippen molar-refractivity contribution in [2.24, 2.45) is 5.14 Å². The number of carboxylic acid groups (broad SMARTS) is 1. The van der Waals surface area contributed by atoms with Gasteiger partial charge in [0.15, 0.2) is 0 Å². The molecule has 0 aliphatic rings. The van der Waals surface area contributed by atoms with Gasteiger partial charge in [0.25, 0.3) is 0 Å². The monoisotopic (exact) mass is 492 g/mol. The Balaban J connectivity index is 1.51. The fourth-order valence-corrected chi connectivity index (χ4v) is 3.98. The highest BCUT2D eigenvalue weighted by atomic mass is 32.2. The molecule has 4 N–H and O–H groups in total. The van der Waals surface area contributed by atoms with Crippen LogP contribution in [0.25, 0.3) is 10.9 Å². The lowest BCUT2D eigenvalue weighted by Crippen LogP contribution is -2.12. The Morgan fingerprint density at radius 1 is 0.914 bits per heavy atom. The van der Waals surface area contributed by atoms with Gasteiger partial charge in [-0.3, -0.25) is 4.98 Å². The van der Waals surface area contributed by atoms with Crippen LogP contribution in [-0.2, 0) is 27.8 Å². The number of carboxylic acids is 1. The third-order valence-corrected chi connectivity index (χ3v) is 6.30. The minimum Gasteiger partial charge on any atom is -0.507 e. The highest BCUT2D eigenvalue weighted by Gasteiger charge is 2.14. The summed E-state index contributed by atoms with van der Waals surface area (Å²) in [5.74, 6) is -1.69. The van der Waals surface area contributed by atoms with E-state index in [1.165, 1.54) is 54.7 Å². The van der Waals surface area contributed by atoms with Gasteiger partial charge in [-0.05, 0) is 53.6 Å². The van der Waals surface area contributed by atoms with Crippen LogP contribution in [0, 0.1) is 0 Å². The van der Waals surface area contributed by atoms with Crippen molar-refractivity contribution in [3.63, 3.8) is 0 Å². The molecule has 0 atom stereocenters. The summed E-state index contributed by atoms with van der Waals surface area (Å²) in [5, 5.41) is 25.3. The largest absolute Gasteiger partial charge is 0.507 e. The molecule has 0 radical (unpaired) electrons. The number of nitrogens with zero attached hydrogens (tertiary/aromatic N) is 1. The highest BCUT2D eigenvalue weighted by molar-refractivity contribution is 7.89. The molecule has 0 saturated heterocycles. The first-order valence-electron chi connectivity index (χ1n) is 10.3. The summed E-state index contributed by atoms with van der Waals surface area (Å²) in [6.45, 7) is -0.0849. The summed E-state index contributed by atoms with van der Waals surface area (Å²) in [7, 11) is -3.81. The van der Waals surface area contributed by atoms with E-state index in [0.29, 0.717) is 28.5 Å². The number of aromatic nitrogens is 1. The molecule has 0 aliphatic heterocycles. The van der Waals surface area contributed by atoms with Crippen molar-refractivity contribution in [3.05, 3.63) is 101 Å². The third kappa shape index (κ3) is 5.45. The zero-order chi connectivity index (χ0) is 25.2. The highest BCUT2D eigenvalue weighted by Crippen LogP contribution is 2.30. The van der Waals surface area contributed by atoms with Gasteiger partial charge < -0.3 is 14.9 Å². The average Bonchev–Trinajstić information content (AvgIpc) is 2.84. The molecule has 0 amide bonds. The lowest BCUT2D eigenvalue weighted by atomic mass is 10.0. The molecule has 0 unspecified atom stereocenters. The number of aromatic carboxylic acids is 1. The molecule has 0 bridgehead atoms. The molecule has 178 valence electrons. The van der Waals surface area contributed by atoms with E-state index in [4.69, 9.17) is 15.0 Å². The summed E-state index contributed by atoms with van der Waals surface area (Å²) in [4.78, 5) is 27.9. The smallest absolute Gasteiger partial charge is 0.338 e. The lowest BCUT2D eigenvalue weighted by molar-refractivity contribution is 0.0472. The van der Waals surface area contributed by atoms with Gasteiger partial charge >= 0.3 is 11.9 Å². The molecule has 1 heterocycles. The summed E-state index contributed by atoms with van der Waals surface area (Å²) >= 11 is 0. The Bertz CT molecular complexity index is 1530. The number of esters is 1. The third-order valence-electron chi connectivity index (χ3n) is 5.37. The van der Waals surface area contributed by atoms with E-state index in [0.717, 1.165) is 5.56 Å². The van der Waals surface area contributed by atoms with Gasteiger partial charge in [0.2, 0.25) is 10.0 Å². The summed E-state index contributed by atoms with van der Waals surface area (Å²) < 4.78 is 28.0. The Hall–Kier alpha value is -4.28. The Kier molecular flexibility index (Phi) is 6.50. The van der Waals surface area contributed by atoms with Crippen LogP contribution < -0.4 is 5.14 Å². The molecule has 4 rings (SSSR count). The number of carbonyl (C=O) groups excluding carboxylic acids is 1. The Morgan fingerprint density at radius 3 is 2.17 bits per heavy atom. The van der Waals surface area contributed by atoms with E-state index in [-0.39, 0.29) is 28.4 Å². The van der Waals surface area contributed by atoms with Gasteiger partial charge in [0.05, 0.1) is 21.5 Å². The standard InChI is InChI=1S/C25H20N2O7S/c26-35(32,33)20-8-3-16(4-9-20)14-34-25(31)18-7-10-22-21(12-18)23(28)19(13-27-22)11-15-1-5-17(6-2-15)24(29)30/h1-10,12-13H,11,14H2,(H,27,28)(H,29,30)(H2,26,32,33). The second-order valence-electron chi connectivity index (χ2n) is 7.81. The number of ether oxygens (including phenoxy) is 1. The number of hydrogen-bond acceptors (Lipinski definition) is 7. The van der Waals surface area contributed by atoms with Gasteiger partial charge in [-0.15, -0.1) is 0 Å². The summed E-state index contributed by atoms with van der Waals surface area (Å²) in [5.41, 5.74) is 2.74. The predicted octanol–water partition coefficient (Wildman–Crippen LogP) is 3.23. The molecule has 0 spiro atoms. The number of pyridine rings is 1. The summed E-state index contributed by atoms with van der Waals surface area (Å²) in [6, 6.07) is 16.6. The number of nitrogens with two attached hydrogens (primary N) is 1. The van der Waals surface area contributed by atoms with Crippen molar-refractivity contribution < 1.29 is 33.0 Å². The molecule has 3 aromatic carbocycles. The molecular weight excluding hydrogens is 472 g/mol. The van der Waals surface area contributed by atoms with Crippen LogP contribution in [0.4, 0.5) is 0 Å². The van der Waals surface area contributed by atoms with Crippen molar-refractivity contribution in [2.45, 2.75) is 17.9 Å². The van der Waals surface area contributed by atoms with Crippen molar-refractivity contribution in [2.75, 3.05) is 0 Å². The SMILES string of the molecule is NS(=O)(=O)c1ccc(COC(=O)c2ccc3ncc(Cc4ccc(C(=O)O)cc4)c(O)c3c2)cc1. The maximum absolute atomic E-state index is 12.6. The number of benzene rings is 3. The van der Waals surface area contributed by atoms with Gasteiger partial charge in [-0.25, -0.2) is 23.1 Å². The van der Waals surface area contributed by atoms with E-state index >= 15 is 0 Å². The zero-order valence-electron chi connectivity index (χ0n) is 18.2. The second-order valence-corrected chi connectivity index (χ2v) is 9.37. The topological polar surface area (TPSA) is 157 Å². The number of rotatable bonds is 7. The fourth-order valence-electron chi connectivity index (χ4n) is 3.47. The first-order valence-corrected chi connectivity index (χ1v) is 11.9. The lowest BCUT2D eigenvalue weighted by Gasteiger charge is -2.10. The van der Waals surface area contributed by atoms with Crippen molar-refractivity contribution in [1.29, 1.82) is 0 Å². The van der Waals surface area contributed by atoms with E-state index < -0.39 is 22.0 Å². The van der Waals surface area contributed by atoms with Gasteiger partial charge in [-0.1, -0.05) is 24.3 Å². The van der Waals surface area contributed by atoms with Crippen LogP contribution in [0.1, 0.15) is 37.4 Å². The van der Waals surface area contributed by atoms with Crippen LogP contribution in [0.15, 0.2) is 77.8 Å². The number of fused-ring (bicyclic) bond motifs is 1. The predicted molar refractivity (Wildman–Crippen MR) is 127 cm³/mol. The normalized spacial score (nSPS) is 11.3. The molecule has 35 heavy (non-hydrogen) atoms. The Labute approximate surface area is 200 Å². The average molecular weight is 493 g/mol. The first kappa shape index (κ1) is 23.9. The molecule has 0 fully saturated rings. The molecular formula is C25H20N2O7S. The van der Waals surface area contributed by atoms with Crippen LogP contribution in [0.2, 0.25) is 0 Å². The molecule has 1 aromatic heterocycles. The van der Waals surface area contributed by atoms with Crippen LogP contribution in [0.5, 0.6) is 5.75 Å². The van der Waals surface area contributed by atoms with Gasteiger partial charge in [0.1, 0.15) is 12.4 Å². The van der Waals surface area contributed by atoms with Crippen LogP contribution >= 0.6 is 0 Å². The number of primary sulfonamides is 1. The maximum Gasteiger partial charge on any atom is 0.338 e. The summed E-state index contributed by atoms with van der Waals surface area (Å²) in [6.07, 6.45) is 1.85. The number of aromatic hydroxyl groups is 1. The molecule has 4 aromatic rings. The first-order chi connectivity index (χ1) is 16.6. The van der Waals surface area contributed by atoms with E-state index in [2.05, 4.69) is 4.98 Å². The van der Waals surface area contributed by atoms with Crippen LogP contribution in [-0.4, -0.2) is 35.6 Å². The minimum atomic E-state index is -3.81. The Morgan fingerprint density at radius 2 is 1.54 bits per heavy atom. The number of carbonyl (C=O) groups is 2.